The molecule has 9 heteroatoms. The molecule has 0 saturated carbocycles. The van der Waals surface area contributed by atoms with Gasteiger partial charge in [0, 0.05) is 33.2 Å². The van der Waals surface area contributed by atoms with Crippen molar-refractivity contribution in [3.63, 3.8) is 0 Å². The SMILES string of the molecule is CNC(=O)COC(=O)N1CCN(CCCCc2ccc(C(F)(F)F)cc2)CC1. The molecule has 1 heterocycles. The molecule has 0 radical (unpaired) electrons. The summed E-state index contributed by atoms with van der Waals surface area (Å²) in [5.41, 5.74) is 0.277. The average molecular weight is 401 g/mol. The highest BCUT2D eigenvalue weighted by molar-refractivity contribution is 5.79. The lowest BCUT2D eigenvalue weighted by Crippen LogP contribution is -2.49. The Hall–Kier alpha value is -2.29. The van der Waals surface area contributed by atoms with E-state index < -0.39 is 17.8 Å². The standard InChI is InChI=1S/C19H26F3N3O3/c1-23-17(26)14-28-18(27)25-12-10-24(11-13-25)9-3-2-4-15-5-7-16(8-6-15)19(20,21)22/h5-8H,2-4,9-14H2,1H3,(H,23,26). The molecule has 6 nitrogen and oxygen atoms in total. The first kappa shape index (κ1) is 22.0. The molecule has 1 fully saturated rings. The molecule has 0 aromatic heterocycles. The highest BCUT2D eigenvalue weighted by Gasteiger charge is 2.29. The fourth-order valence-electron chi connectivity index (χ4n) is 2.97. The Bertz CT molecular complexity index is 642. The molecule has 0 bridgehead atoms. The first-order chi connectivity index (χ1) is 13.3. The number of carbonyl (C=O) groups is 2. The summed E-state index contributed by atoms with van der Waals surface area (Å²) in [5.74, 6) is -0.347. The minimum absolute atomic E-state index is 0.278. The van der Waals surface area contributed by atoms with Crippen LogP contribution in [0.4, 0.5) is 18.0 Å². The Morgan fingerprint density at radius 2 is 1.71 bits per heavy atom. The molecular weight excluding hydrogens is 375 g/mol. The quantitative estimate of drug-likeness (QED) is 0.714. The van der Waals surface area contributed by atoms with E-state index in [4.69, 9.17) is 4.74 Å². The summed E-state index contributed by atoms with van der Waals surface area (Å²) in [4.78, 5) is 26.8. The number of likely N-dealkylation sites (N-methyl/N-ethyl adjacent to an activating group) is 1. The number of ether oxygens (including phenoxy) is 1. The predicted molar refractivity (Wildman–Crippen MR) is 97.8 cm³/mol. The molecule has 1 aromatic rings. The Morgan fingerprint density at radius 3 is 2.29 bits per heavy atom. The van der Waals surface area contributed by atoms with E-state index >= 15 is 0 Å². The number of hydrogen-bond acceptors (Lipinski definition) is 4. The molecule has 1 aliphatic rings. The fourth-order valence-corrected chi connectivity index (χ4v) is 2.97. The number of alkyl halides is 3. The summed E-state index contributed by atoms with van der Waals surface area (Å²) in [6.45, 7) is 3.16. The smallest absolute Gasteiger partial charge is 0.416 e. The number of benzene rings is 1. The first-order valence-electron chi connectivity index (χ1n) is 9.30. The van der Waals surface area contributed by atoms with Gasteiger partial charge in [0.1, 0.15) is 0 Å². The summed E-state index contributed by atoms with van der Waals surface area (Å²) in [7, 11) is 1.48. The highest BCUT2D eigenvalue weighted by atomic mass is 19.4. The maximum Gasteiger partial charge on any atom is 0.416 e. The van der Waals surface area contributed by atoms with Crippen LogP contribution in [0.3, 0.4) is 0 Å². The zero-order chi connectivity index (χ0) is 20.6. The Balaban J connectivity index is 1.61. The van der Waals surface area contributed by atoms with Gasteiger partial charge in [0.2, 0.25) is 0 Å². The van der Waals surface area contributed by atoms with Gasteiger partial charge < -0.3 is 15.0 Å². The van der Waals surface area contributed by atoms with E-state index in [1.54, 1.807) is 4.90 Å². The molecule has 28 heavy (non-hydrogen) atoms. The van der Waals surface area contributed by atoms with Crippen molar-refractivity contribution in [2.24, 2.45) is 0 Å². The van der Waals surface area contributed by atoms with E-state index in [-0.39, 0.29) is 12.5 Å². The molecule has 1 N–H and O–H groups in total. The van der Waals surface area contributed by atoms with Crippen LogP contribution < -0.4 is 5.32 Å². The summed E-state index contributed by atoms with van der Waals surface area (Å²) < 4.78 is 42.6. The van der Waals surface area contributed by atoms with Crippen molar-refractivity contribution in [2.75, 3.05) is 46.4 Å². The Morgan fingerprint density at radius 1 is 1.07 bits per heavy atom. The van der Waals surface area contributed by atoms with Gasteiger partial charge in [0.15, 0.2) is 6.61 Å². The lowest BCUT2D eigenvalue weighted by molar-refractivity contribution is -0.137. The van der Waals surface area contributed by atoms with Crippen LogP contribution in [0.1, 0.15) is 24.0 Å². The lowest BCUT2D eigenvalue weighted by atomic mass is 10.1. The van der Waals surface area contributed by atoms with Gasteiger partial charge in [-0.05, 0) is 43.5 Å². The van der Waals surface area contributed by atoms with Gasteiger partial charge in [-0.3, -0.25) is 9.69 Å². The van der Waals surface area contributed by atoms with Crippen LogP contribution >= 0.6 is 0 Å². The van der Waals surface area contributed by atoms with Crippen molar-refractivity contribution in [1.29, 1.82) is 0 Å². The third kappa shape index (κ3) is 7.03. The van der Waals surface area contributed by atoms with Crippen LogP contribution in [0.5, 0.6) is 0 Å². The van der Waals surface area contributed by atoms with Crippen molar-refractivity contribution in [2.45, 2.75) is 25.4 Å². The zero-order valence-corrected chi connectivity index (χ0v) is 15.9. The number of unbranched alkanes of at least 4 members (excludes halogenated alkanes) is 1. The lowest BCUT2D eigenvalue weighted by Gasteiger charge is -2.34. The van der Waals surface area contributed by atoms with E-state index in [2.05, 4.69) is 10.2 Å². The summed E-state index contributed by atoms with van der Waals surface area (Å²) >= 11 is 0. The van der Waals surface area contributed by atoms with Gasteiger partial charge in [-0.2, -0.15) is 13.2 Å². The number of amides is 2. The minimum atomic E-state index is -4.30. The van der Waals surface area contributed by atoms with E-state index in [1.165, 1.54) is 19.2 Å². The maximum atomic E-state index is 12.5. The molecule has 2 amide bonds. The van der Waals surface area contributed by atoms with Crippen LogP contribution in [0.15, 0.2) is 24.3 Å². The summed E-state index contributed by atoms with van der Waals surface area (Å²) in [5, 5.41) is 2.39. The molecule has 0 spiro atoms. The number of aryl methyl sites for hydroxylation is 1. The molecule has 2 rings (SSSR count). The van der Waals surface area contributed by atoms with E-state index in [0.29, 0.717) is 13.1 Å². The molecule has 0 aliphatic carbocycles. The maximum absolute atomic E-state index is 12.5. The normalized spacial score (nSPS) is 15.4. The molecule has 1 aliphatic heterocycles. The van der Waals surface area contributed by atoms with Gasteiger partial charge in [0.05, 0.1) is 5.56 Å². The molecule has 156 valence electrons. The second-order valence-electron chi connectivity index (χ2n) is 6.71. The van der Waals surface area contributed by atoms with Crippen molar-refractivity contribution in [3.8, 4) is 0 Å². The topological polar surface area (TPSA) is 61.9 Å². The number of nitrogens with zero attached hydrogens (tertiary/aromatic N) is 2. The third-order valence-electron chi connectivity index (χ3n) is 4.71. The van der Waals surface area contributed by atoms with Crippen molar-refractivity contribution in [3.05, 3.63) is 35.4 Å². The number of hydrogen-bond donors (Lipinski definition) is 1. The van der Waals surface area contributed by atoms with Gasteiger partial charge in [-0.15, -0.1) is 0 Å². The minimum Gasteiger partial charge on any atom is -0.439 e. The molecule has 1 aromatic carbocycles. The summed E-state index contributed by atoms with van der Waals surface area (Å²) in [6, 6.07) is 5.31. The van der Waals surface area contributed by atoms with E-state index in [1.807, 2.05) is 0 Å². The first-order valence-corrected chi connectivity index (χ1v) is 9.30. The van der Waals surface area contributed by atoms with Crippen molar-refractivity contribution < 1.29 is 27.5 Å². The van der Waals surface area contributed by atoms with E-state index in [0.717, 1.165) is 56.6 Å². The molecule has 0 atom stereocenters. The van der Waals surface area contributed by atoms with Crippen LogP contribution in [0.2, 0.25) is 0 Å². The number of rotatable bonds is 7. The van der Waals surface area contributed by atoms with Crippen molar-refractivity contribution >= 4 is 12.0 Å². The van der Waals surface area contributed by atoms with Crippen LogP contribution in [0.25, 0.3) is 0 Å². The predicted octanol–water partition coefficient (Wildman–Crippen LogP) is 2.53. The Kier molecular flexibility index (Phi) is 8.10. The molecule has 0 unspecified atom stereocenters. The van der Waals surface area contributed by atoms with Gasteiger partial charge in [-0.25, -0.2) is 4.79 Å². The van der Waals surface area contributed by atoms with Crippen LogP contribution in [-0.2, 0) is 22.1 Å². The number of piperazine rings is 1. The number of carbonyl (C=O) groups excluding carboxylic acids is 2. The summed E-state index contributed by atoms with van der Waals surface area (Å²) in [6.07, 6.45) is -2.22. The number of nitrogens with one attached hydrogen (secondary N) is 1. The zero-order valence-electron chi connectivity index (χ0n) is 15.9. The number of halogens is 3. The van der Waals surface area contributed by atoms with Gasteiger partial charge >= 0.3 is 12.3 Å². The monoisotopic (exact) mass is 401 g/mol. The van der Waals surface area contributed by atoms with Crippen LogP contribution in [-0.4, -0.2) is 68.2 Å². The largest absolute Gasteiger partial charge is 0.439 e. The third-order valence-corrected chi connectivity index (χ3v) is 4.71. The molecule has 1 saturated heterocycles. The van der Waals surface area contributed by atoms with E-state index in [9.17, 15) is 22.8 Å². The van der Waals surface area contributed by atoms with Crippen LogP contribution in [0, 0.1) is 0 Å². The second kappa shape index (κ2) is 10.3. The highest BCUT2D eigenvalue weighted by Crippen LogP contribution is 2.29. The van der Waals surface area contributed by atoms with Crippen molar-refractivity contribution in [1.82, 2.24) is 15.1 Å². The van der Waals surface area contributed by atoms with Gasteiger partial charge in [0.25, 0.3) is 5.91 Å². The van der Waals surface area contributed by atoms with Gasteiger partial charge in [-0.1, -0.05) is 12.1 Å². The second-order valence-corrected chi connectivity index (χ2v) is 6.71. The fraction of sp³-hybridized carbons (Fsp3) is 0.579. The Labute approximate surface area is 162 Å². The average Bonchev–Trinajstić information content (AvgIpc) is 2.69. The molecular formula is C19H26F3N3O3.